The highest BCUT2D eigenvalue weighted by atomic mass is 32.2. The van der Waals surface area contributed by atoms with E-state index in [1.165, 1.54) is 15.9 Å². The molecule has 0 amide bonds. The van der Waals surface area contributed by atoms with E-state index in [4.69, 9.17) is 0 Å². The maximum atomic E-state index is 13.2. The fourth-order valence-electron chi connectivity index (χ4n) is 4.65. The summed E-state index contributed by atoms with van der Waals surface area (Å²) >= 11 is 0. The van der Waals surface area contributed by atoms with Crippen molar-refractivity contribution in [3.05, 3.63) is 65.2 Å². The van der Waals surface area contributed by atoms with Gasteiger partial charge in [0.25, 0.3) is 0 Å². The van der Waals surface area contributed by atoms with Crippen LogP contribution in [0.4, 0.5) is 0 Å². The molecule has 0 N–H and O–H groups in total. The highest BCUT2D eigenvalue weighted by Crippen LogP contribution is 2.32. The number of fused-ring (bicyclic) bond motifs is 2. The van der Waals surface area contributed by atoms with Gasteiger partial charge in [0.2, 0.25) is 10.0 Å². The highest BCUT2D eigenvalue weighted by Gasteiger charge is 2.29. The molecule has 1 saturated heterocycles. The lowest BCUT2D eigenvalue weighted by Crippen LogP contribution is -2.40. The molecule has 3 heterocycles. The van der Waals surface area contributed by atoms with Crippen LogP contribution >= 0.6 is 0 Å². The van der Waals surface area contributed by atoms with Crippen LogP contribution in [0.2, 0.25) is 0 Å². The number of nitrogens with zero attached hydrogens (tertiary/aromatic N) is 4. The molecule has 0 saturated carbocycles. The Kier molecular flexibility index (Phi) is 4.71. The van der Waals surface area contributed by atoms with E-state index in [-0.39, 0.29) is 11.7 Å². The summed E-state index contributed by atoms with van der Waals surface area (Å²) in [4.78, 5) is 17.8. The minimum Gasteiger partial charge on any atom is -0.293 e. The number of piperidine rings is 1. The summed E-state index contributed by atoms with van der Waals surface area (Å²) < 4.78 is 28.6. The molecule has 1 fully saturated rings. The quantitative estimate of drug-likeness (QED) is 0.494. The van der Waals surface area contributed by atoms with E-state index in [1.54, 1.807) is 22.4 Å². The maximum absolute atomic E-state index is 13.2. The molecule has 1 aliphatic heterocycles. The minimum absolute atomic E-state index is 0.0754. The van der Waals surface area contributed by atoms with Crippen molar-refractivity contribution in [2.45, 2.75) is 18.9 Å². The molecule has 31 heavy (non-hydrogen) atoms. The van der Waals surface area contributed by atoms with Crippen molar-refractivity contribution in [1.29, 1.82) is 0 Å². The van der Waals surface area contributed by atoms with Crippen LogP contribution in [0.3, 0.4) is 0 Å². The fourth-order valence-corrected chi connectivity index (χ4v) is 5.52. The molecular formula is C23H24N4O3S. The molecule has 2 aromatic heterocycles. The van der Waals surface area contributed by atoms with Crippen LogP contribution in [-0.2, 0) is 17.1 Å². The molecule has 5 rings (SSSR count). The summed E-state index contributed by atoms with van der Waals surface area (Å²) in [6.45, 7) is 0.827. The molecule has 7 nitrogen and oxygen atoms in total. The van der Waals surface area contributed by atoms with Crippen LogP contribution in [0.5, 0.6) is 0 Å². The Morgan fingerprint density at radius 1 is 1.00 bits per heavy atom. The number of pyridine rings is 1. The van der Waals surface area contributed by atoms with Gasteiger partial charge in [-0.3, -0.25) is 9.13 Å². The highest BCUT2D eigenvalue weighted by molar-refractivity contribution is 7.88. The third-order valence-corrected chi connectivity index (χ3v) is 7.58. The van der Waals surface area contributed by atoms with Crippen molar-refractivity contribution in [3.63, 3.8) is 0 Å². The third-order valence-electron chi connectivity index (χ3n) is 6.28. The van der Waals surface area contributed by atoms with Crippen LogP contribution in [-0.4, -0.2) is 46.2 Å². The Bertz CT molecular complexity index is 1460. The first-order chi connectivity index (χ1) is 14.8. The average molecular weight is 437 g/mol. The Morgan fingerprint density at radius 3 is 2.42 bits per heavy atom. The van der Waals surface area contributed by atoms with Gasteiger partial charge in [0, 0.05) is 37.9 Å². The largest absolute Gasteiger partial charge is 0.330 e. The Hall–Kier alpha value is -2.97. The zero-order chi connectivity index (χ0) is 21.8. The predicted octanol–water partition coefficient (Wildman–Crippen LogP) is 3.15. The van der Waals surface area contributed by atoms with E-state index < -0.39 is 10.0 Å². The van der Waals surface area contributed by atoms with E-state index in [0.717, 1.165) is 22.0 Å². The number of hydrogen-bond donors (Lipinski definition) is 0. The van der Waals surface area contributed by atoms with Crippen LogP contribution in [0.1, 0.15) is 18.9 Å². The van der Waals surface area contributed by atoms with Gasteiger partial charge < -0.3 is 0 Å². The number of hydrogen-bond acceptors (Lipinski definition) is 4. The lowest BCUT2D eigenvalue weighted by molar-refractivity contribution is 0.274. The standard InChI is InChI=1S/C23H24N4O3S/c1-25-21-20(18-8-7-16-5-3-4-6-17(16)15-18)9-12-24-22(21)27(23(25)28)19-10-13-26(14-11-19)31(2,29)30/h3-9,12,15,19H,10-11,13-14H2,1-2H3. The third kappa shape index (κ3) is 3.36. The molecule has 0 atom stereocenters. The van der Waals surface area contributed by atoms with Gasteiger partial charge in [-0.25, -0.2) is 22.5 Å². The molecule has 0 bridgehead atoms. The van der Waals surface area contributed by atoms with E-state index >= 15 is 0 Å². The second-order valence-electron chi connectivity index (χ2n) is 8.20. The van der Waals surface area contributed by atoms with Crippen molar-refractivity contribution in [2.24, 2.45) is 7.05 Å². The SMILES string of the molecule is Cn1c(=O)n(C2CCN(S(C)(=O)=O)CC2)c2nccc(-c3ccc4ccccc4c3)c21. The van der Waals surface area contributed by atoms with E-state index in [0.29, 0.717) is 31.6 Å². The first kappa shape index (κ1) is 20.0. The molecular weight excluding hydrogens is 412 g/mol. The van der Waals surface area contributed by atoms with Gasteiger partial charge in [-0.15, -0.1) is 0 Å². The number of aromatic nitrogens is 3. The lowest BCUT2D eigenvalue weighted by atomic mass is 10.0. The van der Waals surface area contributed by atoms with Crippen molar-refractivity contribution < 1.29 is 8.42 Å². The second-order valence-corrected chi connectivity index (χ2v) is 10.2. The average Bonchev–Trinajstić information content (AvgIpc) is 3.03. The van der Waals surface area contributed by atoms with Gasteiger partial charge in [-0.2, -0.15) is 0 Å². The van der Waals surface area contributed by atoms with Crippen LogP contribution in [0.25, 0.3) is 33.1 Å². The van der Waals surface area contributed by atoms with Gasteiger partial charge in [0.05, 0.1) is 11.8 Å². The van der Waals surface area contributed by atoms with Crippen LogP contribution < -0.4 is 5.69 Å². The summed E-state index contributed by atoms with van der Waals surface area (Å²) in [5.41, 5.74) is 3.33. The summed E-state index contributed by atoms with van der Waals surface area (Å²) in [5.74, 6) is 0. The summed E-state index contributed by atoms with van der Waals surface area (Å²) in [5, 5.41) is 2.31. The number of aryl methyl sites for hydroxylation is 1. The smallest absolute Gasteiger partial charge is 0.293 e. The maximum Gasteiger partial charge on any atom is 0.330 e. The summed E-state index contributed by atoms with van der Waals surface area (Å²) in [6, 6.07) is 16.4. The zero-order valence-corrected chi connectivity index (χ0v) is 18.3. The minimum atomic E-state index is -3.21. The second kappa shape index (κ2) is 7.32. The monoisotopic (exact) mass is 436 g/mol. The molecule has 8 heteroatoms. The Balaban J connectivity index is 1.61. The van der Waals surface area contributed by atoms with E-state index in [2.05, 4.69) is 35.3 Å². The molecule has 2 aromatic carbocycles. The number of imidazole rings is 1. The summed E-state index contributed by atoms with van der Waals surface area (Å²) in [7, 11) is -1.44. The van der Waals surface area contributed by atoms with Crippen LogP contribution in [0, 0.1) is 0 Å². The molecule has 4 aromatic rings. The first-order valence-electron chi connectivity index (χ1n) is 10.3. The van der Waals surface area contributed by atoms with Crippen molar-refractivity contribution in [2.75, 3.05) is 19.3 Å². The van der Waals surface area contributed by atoms with Gasteiger partial charge in [-0.05, 0) is 41.3 Å². The van der Waals surface area contributed by atoms with E-state index in [9.17, 15) is 13.2 Å². The topological polar surface area (TPSA) is 77.2 Å². The van der Waals surface area contributed by atoms with Crippen molar-refractivity contribution in [1.82, 2.24) is 18.4 Å². The van der Waals surface area contributed by atoms with Gasteiger partial charge in [0.1, 0.15) is 0 Å². The van der Waals surface area contributed by atoms with Crippen LogP contribution in [0.15, 0.2) is 59.5 Å². The lowest BCUT2D eigenvalue weighted by Gasteiger charge is -2.30. The van der Waals surface area contributed by atoms with Gasteiger partial charge in [-0.1, -0.05) is 36.4 Å². The molecule has 0 aliphatic carbocycles. The molecule has 0 unspecified atom stereocenters. The van der Waals surface area contributed by atoms with Crippen molar-refractivity contribution in [3.8, 4) is 11.1 Å². The van der Waals surface area contributed by atoms with Gasteiger partial charge >= 0.3 is 5.69 Å². The number of sulfonamides is 1. The first-order valence-corrected chi connectivity index (χ1v) is 12.2. The zero-order valence-electron chi connectivity index (χ0n) is 17.5. The predicted molar refractivity (Wildman–Crippen MR) is 123 cm³/mol. The summed E-state index contributed by atoms with van der Waals surface area (Å²) in [6.07, 6.45) is 4.16. The number of rotatable bonds is 3. The fraction of sp³-hybridized carbons (Fsp3) is 0.304. The van der Waals surface area contributed by atoms with Crippen molar-refractivity contribution >= 4 is 32.0 Å². The molecule has 0 radical (unpaired) electrons. The van der Waals surface area contributed by atoms with E-state index in [1.807, 2.05) is 18.2 Å². The Morgan fingerprint density at radius 2 is 1.71 bits per heavy atom. The molecule has 160 valence electrons. The molecule has 1 aliphatic rings. The Labute approximate surface area is 180 Å². The number of benzene rings is 2. The normalized spacial score (nSPS) is 16.3. The molecule has 0 spiro atoms. The van der Waals surface area contributed by atoms with Gasteiger partial charge in [0.15, 0.2) is 5.65 Å².